The highest BCUT2D eigenvalue weighted by atomic mass is 16.2. The van der Waals surface area contributed by atoms with Crippen LogP contribution in [-0.2, 0) is 0 Å². The van der Waals surface area contributed by atoms with Crippen LogP contribution in [0.2, 0.25) is 0 Å². The number of aromatic nitrogens is 2. The molecule has 0 saturated heterocycles. The van der Waals surface area contributed by atoms with Crippen molar-refractivity contribution in [2.75, 3.05) is 17.7 Å². The van der Waals surface area contributed by atoms with Crippen LogP contribution in [0.25, 0.3) is 55.0 Å². The number of anilines is 4. The van der Waals surface area contributed by atoms with Gasteiger partial charge in [0.25, 0.3) is 0 Å². The quantitative estimate of drug-likeness (QED) is 0.173. The highest BCUT2D eigenvalue weighted by Crippen LogP contribution is 2.35. The van der Waals surface area contributed by atoms with E-state index in [1.165, 1.54) is 43.6 Å². The molecule has 0 saturated carbocycles. The van der Waals surface area contributed by atoms with Crippen molar-refractivity contribution in [1.82, 2.24) is 9.13 Å². The topological polar surface area (TPSA) is 54.1 Å². The summed E-state index contributed by atoms with van der Waals surface area (Å²) < 4.78 is 4.68. The minimum atomic E-state index is 1.00. The first-order valence-electron chi connectivity index (χ1n) is 16.1. The van der Waals surface area contributed by atoms with Crippen LogP contribution in [0.5, 0.6) is 0 Å². The largest absolute Gasteiger partial charge is 0.400 e. The Bertz CT molecular complexity index is 2240. The van der Waals surface area contributed by atoms with E-state index in [0.717, 1.165) is 41.2 Å². The van der Waals surface area contributed by atoms with Crippen molar-refractivity contribution in [3.8, 4) is 11.4 Å². The van der Waals surface area contributed by atoms with E-state index in [2.05, 4.69) is 190 Å². The normalized spacial score (nSPS) is 11.1. The summed E-state index contributed by atoms with van der Waals surface area (Å²) in [5.74, 6) is 0. The van der Waals surface area contributed by atoms with E-state index in [1.54, 1.807) is 0 Å². The lowest BCUT2D eigenvalue weighted by Gasteiger charge is -2.15. The number of nitrogens with zero attached hydrogens (tertiary/aromatic N) is 2. The van der Waals surface area contributed by atoms with Crippen LogP contribution in [0.1, 0.15) is 0 Å². The summed E-state index contributed by atoms with van der Waals surface area (Å²) in [6.07, 6.45) is 0. The molecule has 0 aliphatic heterocycles. The van der Waals surface area contributed by atoms with Gasteiger partial charge in [-0.2, -0.15) is 0 Å². The predicted molar refractivity (Wildman–Crippen MR) is 203 cm³/mol. The zero-order valence-electron chi connectivity index (χ0n) is 26.5. The molecule has 2 aromatic heterocycles. The molecule has 0 unspecified atom stereocenters. The molecule has 5 heteroatoms. The Morgan fingerprint density at radius 1 is 0.333 bits per heavy atom. The fourth-order valence-electron chi connectivity index (χ4n) is 6.80. The molecule has 232 valence electrons. The standard InChI is InChI=1S/C42H30N4.CH4O/c1-7-17-39-33(11-1)34-12-2-8-18-40(34)45(39)31-25-21-29(22-26-31)43-37-15-5-6-16-38(37)44-30-23-27-32(28-24-30)46-41-19-9-3-13-35(41)36-14-4-10-20-42(36)46;1-2/h1-28,43-44H;2H,1H3. The van der Waals surface area contributed by atoms with Gasteiger partial charge >= 0.3 is 0 Å². The van der Waals surface area contributed by atoms with Gasteiger partial charge in [-0.1, -0.05) is 84.9 Å². The number of fused-ring (bicyclic) bond motifs is 6. The molecule has 5 nitrogen and oxygen atoms in total. The number of hydrogen-bond acceptors (Lipinski definition) is 3. The second-order valence-electron chi connectivity index (χ2n) is 11.6. The summed E-state index contributed by atoms with van der Waals surface area (Å²) in [7, 11) is 1.00. The van der Waals surface area contributed by atoms with Crippen molar-refractivity contribution >= 4 is 66.4 Å². The van der Waals surface area contributed by atoms with Crippen LogP contribution in [0.4, 0.5) is 22.7 Å². The Morgan fingerprint density at radius 2 is 0.604 bits per heavy atom. The van der Waals surface area contributed by atoms with Gasteiger partial charge in [0.1, 0.15) is 0 Å². The van der Waals surface area contributed by atoms with Gasteiger partial charge in [0.05, 0.1) is 33.4 Å². The monoisotopic (exact) mass is 622 g/mol. The van der Waals surface area contributed by atoms with Crippen molar-refractivity contribution in [2.24, 2.45) is 0 Å². The predicted octanol–water partition coefficient (Wildman–Crippen LogP) is 11.0. The summed E-state index contributed by atoms with van der Waals surface area (Å²) in [6.45, 7) is 0. The third-order valence-corrected chi connectivity index (χ3v) is 8.90. The number of benzene rings is 7. The molecular formula is C43H34N4O. The third kappa shape index (κ3) is 5.03. The van der Waals surface area contributed by atoms with Gasteiger partial charge in [0.2, 0.25) is 0 Å². The first-order valence-corrected chi connectivity index (χ1v) is 16.1. The van der Waals surface area contributed by atoms with E-state index in [1.807, 2.05) is 0 Å². The Kier molecular flexibility index (Phi) is 7.57. The third-order valence-electron chi connectivity index (χ3n) is 8.90. The molecule has 0 amide bonds. The first-order chi connectivity index (χ1) is 23.8. The van der Waals surface area contributed by atoms with E-state index in [4.69, 9.17) is 5.11 Å². The molecule has 7 aromatic carbocycles. The minimum absolute atomic E-state index is 1.00. The van der Waals surface area contributed by atoms with E-state index in [-0.39, 0.29) is 0 Å². The van der Waals surface area contributed by atoms with Crippen molar-refractivity contribution in [1.29, 1.82) is 0 Å². The summed E-state index contributed by atoms with van der Waals surface area (Å²) in [4.78, 5) is 0. The van der Waals surface area contributed by atoms with Crippen LogP contribution in [0, 0.1) is 0 Å². The lowest BCUT2D eigenvalue weighted by molar-refractivity contribution is 0.399. The highest BCUT2D eigenvalue weighted by molar-refractivity contribution is 6.10. The van der Waals surface area contributed by atoms with Crippen molar-refractivity contribution in [2.45, 2.75) is 0 Å². The fraction of sp³-hybridized carbons (Fsp3) is 0.0233. The minimum Gasteiger partial charge on any atom is -0.400 e. The summed E-state index contributed by atoms with van der Waals surface area (Å²) >= 11 is 0. The Labute approximate surface area is 278 Å². The zero-order chi connectivity index (χ0) is 32.5. The second kappa shape index (κ2) is 12.5. The van der Waals surface area contributed by atoms with Gasteiger partial charge < -0.3 is 24.9 Å². The number of hydrogen-bond donors (Lipinski definition) is 3. The number of para-hydroxylation sites is 6. The SMILES string of the molecule is CO.c1ccc(Nc2ccc(-n3c4ccccc4c4ccccc43)cc2)c(Nc2ccc(-n3c4ccccc4c4ccccc43)cc2)c1. The van der Waals surface area contributed by atoms with Gasteiger partial charge in [0, 0.05) is 51.4 Å². The number of rotatable bonds is 6. The average Bonchev–Trinajstić information content (AvgIpc) is 3.67. The molecule has 48 heavy (non-hydrogen) atoms. The van der Waals surface area contributed by atoms with Crippen molar-refractivity contribution < 1.29 is 5.11 Å². The average molecular weight is 623 g/mol. The van der Waals surface area contributed by atoms with Crippen LogP contribution in [-0.4, -0.2) is 21.4 Å². The maximum absolute atomic E-state index is 7.00. The van der Waals surface area contributed by atoms with E-state index >= 15 is 0 Å². The first kappa shape index (κ1) is 29.1. The molecule has 0 atom stereocenters. The fourth-order valence-corrected chi connectivity index (χ4v) is 6.80. The van der Waals surface area contributed by atoms with Crippen molar-refractivity contribution in [3.63, 3.8) is 0 Å². The Balaban J connectivity index is 0.00000165. The highest BCUT2D eigenvalue weighted by Gasteiger charge is 2.13. The van der Waals surface area contributed by atoms with E-state index < -0.39 is 0 Å². The molecular weight excluding hydrogens is 589 g/mol. The van der Waals surface area contributed by atoms with Crippen molar-refractivity contribution in [3.05, 3.63) is 170 Å². The Morgan fingerprint density at radius 3 is 0.917 bits per heavy atom. The molecule has 0 aliphatic carbocycles. The summed E-state index contributed by atoms with van der Waals surface area (Å²) in [5, 5.41) is 19.3. The van der Waals surface area contributed by atoms with Crippen LogP contribution >= 0.6 is 0 Å². The molecule has 0 fully saturated rings. The van der Waals surface area contributed by atoms with E-state index in [9.17, 15) is 0 Å². The van der Waals surface area contributed by atoms with Gasteiger partial charge in [-0.3, -0.25) is 0 Å². The van der Waals surface area contributed by atoms with Gasteiger partial charge in [-0.05, 0) is 84.9 Å². The van der Waals surface area contributed by atoms with Gasteiger partial charge in [0.15, 0.2) is 0 Å². The second-order valence-corrected chi connectivity index (χ2v) is 11.6. The van der Waals surface area contributed by atoms with Gasteiger partial charge in [-0.25, -0.2) is 0 Å². The molecule has 0 aliphatic rings. The smallest absolute Gasteiger partial charge is 0.0623 e. The lowest BCUT2D eigenvalue weighted by atomic mass is 10.2. The molecule has 0 bridgehead atoms. The molecule has 0 spiro atoms. The summed E-state index contributed by atoms with van der Waals surface area (Å²) in [6, 6.07) is 60.1. The zero-order valence-corrected chi connectivity index (χ0v) is 26.5. The van der Waals surface area contributed by atoms with Crippen LogP contribution in [0.15, 0.2) is 170 Å². The number of aliphatic hydroxyl groups is 1. The molecule has 9 aromatic rings. The number of nitrogens with one attached hydrogen (secondary N) is 2. The molecule has 0 radical (unpaired) electrons. The molecule has 3 N–H and O–H groups in total. The maximum atomic E-state index is 7.00. The van der Waals surface area contributed by atoms with Crippen LogP contribution < -0.4 is 10.6 Å². The summed E-state index contributed by atoms with van der Waals surface area (Å²) in [5.41, 5.74) is 11.2. The molecule has 2 heterocycles. The van der Waals surface area contributed by atoms with Gasteiger partial charge in [-0.15, -0.1) is 0 Å². The van der Waals surface area contributed by atoms with Crippen LogP contribution in [0.3, 0.4) is 0 Å². The maximum Gasteiger partial charge on any atom is 0.0623 e. The lowest BCUT2D eigenvalue weighted by Crippen LogP contribution is -1.99. The van der Waals surface area contributed by atoms with E-state index in [0.29, 0.717) is 0 Å². The Hall–Kier alpha value is -6.30. The molecule has 9 rings (SSSR count). The number of aliphatic hydroxyl groups excluding tert-OH is 1.